The number of aromatic nitrogens is 2. The SMILES string of the molecule is CCc1nn(C)c(NCCC(=O)NC2CC2)c1[N+](=O)[O-]. The molecule has 1 aliphatic rings. The van der Waals surface area contributed by atoms with Crippen molar-refractivity contribution in [2.75, 3.05) is 11.9 Å². The van der Waals surface area contributed by atoms with Crippen LogP contribution in [-0.4, -0.2) is 33.2 Å². The van der Waals surface area contributed by atoms with Crippen molar-refractivity contribution in [2.24, 2.45) is 7.05 Å². The van der Waals surface area contributed by atoms with E-state index < -0.39 is 4.92 Å². The van der Waals surface area contributed by atoms with Gasteiger partial charge in [-0.2, -0.15) is 5.10 Å². The highest BCUT2D eigenvalue weighted by atomic mass is 16.6. The van der Waals surface area contributed by atoms with Crippen LogP contribution in [0.5, 0.6) is 0 Å². The highest BCUT2D eigenvalue weighted by molar-refractivity contribution is 5.77. The van der Waals surface area contributed by atoms with Crippen molar-refractivity contribution in [2.45, 2.75) is 38.6 Å². The molecule has 0 spiro atoms. The minimum Gasteiger partial charge on any atom is -0.364 e. The Morgan fingerprint density at radius 3 is 2.80 bits per heavy atom. The van der Waals surface area contributed by atoms with Crippen LogP contribution in [0.15, 0.2) is 0 Å². The summed E-state index contributed by atoms with van der Waals surface area (Å²) in [5.74, 6) is 0.326. The third-order valence-corrected chi connectivity index (χ3v) is 3.20. The van der Waals surface area contributed by atoms with Gasteiger partial charge in [0.15, 0.2) is 0 Å². The maximum Gasteiger partial charge on any atom is 0.333 e. The molecule has 0 aromatic carbocycles. The number of nitro groups is 1. The molecule has 20 heavy (non-hydrogen) atoms. The predicted octanol–water partition coefficient (Wildman–Crippen LogP) is 0.971. The topological polar surface area (TPSA) is 102 Å². The van der Waals surface area contributed by atoms with Gasteiger partial charge in [-0.25, -0.2) is 4.68 Å². The number of carbonyl (C=O) groups excluding carboxylic acids is 1. The van der Waals surface area contributed by atoms with Crippen LogP contribution < -0.4 is 10.6 Å². The molecule has 2 N–H and O–H groups in total. The average molecular weight is 281 g/mol. The minimum absolute atomic E-state index is 0.00222. The smallest absolute Gasteiger partial charge is 0.333 e. The van der Waals surface area contributed by atoms with Crippen LogP contribution in [0.1, 0.15) is 31.9 Å². The van der Waals surface area contributed by atoms with Gasteiger partial charge in [-0.15, -0.1) is 0 Å². The van der Waals surface area contributed by atoms with E-state index in [-0.39, 0.29) is 11.6 Å². The molecule has 1 aromatic rings. The van der Waals surface area contributed by atoms with E-state index in [4.69, 9.17) is 0 Å². The first-order chi connectivity index (χ1) is 9.52. The standard InChI is InChI=1S/C12H19N5O3/c1-3-9-11(17(19)20)12(16(2)15-9)13-7-6-10(18)14-8-4-5-8/h8,13H,3-7H2,1-2H3,(H,14,18). The maximum atomic E-state index is 11.5. The summed E-state index contributed by atoms with van der Waals surface area (Å²) in [5, 5.41) is 21.0. The van der Waals surface area contributed by atoms with Crippen LogP contribution >= 0.6 is 0 Å². The monoisotopic (exact) mass is 281 g/mol. The number of nitrogens with zero attached hydrogens (tertiary/aromatic N) is 3. The number of nitrogens with one attached hydrogen (secondary N) is 2. The highest BCUT2D eigenvalue weighted by Crippen LogP contribution is 2.28. The van der Waals surface area contributed by atoms with Gasteiger partial charge in [-0.3, -0.25) is 14.9 Å². The molecule has 1 heterocycles. The first-order valence-electron chi connectivity index (χ1n) is 6.76. The van der Waals surface area contributed by atoms with E-state index in [2.05, 4.69) is 15.7 Å². The summed E-state index contributed by atoms with van der Waals surface area (Å²) >= 11 is 0. The van der Waals surface area contributed by atoms with E-state index in [1.54, 1.807) is 7.05 Å². The lowest BCUT2D eigenvalue weighted by molar-refractivity contribution is -0.384. The summed E-state index contributed by atoms with van der Waals surface area (Å²) in [4.78, 5) is 22.2. The molecular weight excluding hydrogens is 262 g/mol. The maximum absolute atomic E-state index is 11.5. The second kappa shape index (κ2) is 5.89. The van der Waals surface area contributed by atoms with Crippen molar-refractivity contribution < 1.29 is 9.72 Å². The van der Waals surface area contributed by atoms with Gasteiger partial charge in [0.05, 0.1) is 4.92 Å². The molecule has 8 heteroatoms. The third kappa shape index (κ3) is 3.25. The van der Waals surface area contributed by atoms with Gasteiger partial charge < -0.3 is 10.6 Å². The Bertz CT molecular complexity index is 521. The number of hydrogen-bond donors (Lipinski definition) is 2. The molecule has 1 amide bonds. The summed E-state index contributed by atoms with van der Waals surface area (Å²) in [6, 6.07) is 0.334. The predicted molar refractivity (Wildman–Crippen MR) is 73.5 cm³/mol. The number of anilines is 1. The zero-order valence-electron chi connectivity index (χ0n) is 11.7. The van der Waals surface area contributed by atoms with Gasteiger partial charge in [-0.1, -0.05) is 6.92 Å². The third-order valence-electron chi connectivity index (χ3n) is 3.20. The molecule has 8 nitrogen and oxygen atoms in total. The Morgan fingerprint density at radius 2 is 2.25 bits per heavy atom. The second-order valence-corrected chi connectivity index (χ2v) is 4.90. The van der Waals surface area contributed by atoms with Gasteiger partial charge in [0.1, 0.15) is 5.69 Å². The lowest BCUT2D eigenvalue weighted by Gasteiger charge is -2.06. The minimum atomic E-state index is -0.432. The Hall–Kier alpha value is -2.12. The van der Waals surface area contributed by atoms with Gasteiger partial charge >= 0.3 is 5.69 Å². The van der Waals surface area contributed by atoms with Gasteiger partial charge in [0.2, 0.25) is 11.7 Å². The molecule has 0 atom stereocenters. The molecule has 110 valence electrons. The Labute approximate surface area is 116 Å². The van der Waals surface area contributed by atoms with Crippen LogP contribution in [0, 0.1) is 10.1 Å². The number of carbonyl (C=O) groups is 1. The van der Waals surface area contributed by atoms with Crippen LogP contribution in [0.3, 0.4) is 0 Å². The normalized spacial score (nSPS) is 14.1. The first kappa shape index (κ1) is 14.3. The zero-order chi connectivity index (χ0) is 14.7. The molecule has 1 fully saturated rings. The summed E-state index contributed by atoms with van der Waals surface area (Å²) in [6.07, 6.45) is 2.88. The van der Waals surface area contributed by atoms with Crippen LogP contribution in [0.25, 0.3) is 0 Å². The second-order valence-electron chi connectivity index (χ2n) is 4.90. The number of aryl methyl sites for hydroxylation is 2. The molecule has 1 saturated carbocycles. The van der Waals surface area contributed by atoms with E-state index in [0.29, 0.717) is 36.9 Å². The van der Waals surface area contributed by atoms with Gasteiger partial charge in [-0.05, 0) is 19.3 Å². The van der Waals surface area contributed by atoms with Crippen molar-refractivity contribution >= 4 is 17.4 Å². The van der Waals surface area contributed by atoms with Crippen molar-refractivity contribution in [3.63, 3.8) is 0 Å². The van der Waals surface area contributed by atoms with E-state index in [1.165, 1.54) is 4.68 Å². The number of hydrogen-bond acceptors (Lipinski definition) is 5. The molecule has 0 bridgehead atoms. The Morgan fingerprint density at radius 1 is 1.55 bits per heavy atom. The van der Waals surface area contributed by atoms with Crippen molar-refractivity contribution in [1.29, 1.82) is 0 Å². The van der Waals surface area contributed by atoms with E-state index >= 15 is 0 Å². The van der Waals surface area contributed by atoms with E-state index in [9.17, 15) is 14.9 Å². The largest absolute Gasteiger partial charge is 0.364 e. The highest BCUT2D eigenvalue weighted by Gasteiger charge is 2.26. The van der Waals surface area contributed by atoms with Crippen molar-refractivity contribution in [1.82, 2.24) is 15.1 Å². The fourth-order valence-corrected chi connectivity index (χ4v) is 2.02. The molecular formula is C12H19N5O3. The molecule has 1 aliphatic carbocycles. The van der Waals surface area contributed by atoms with Crippen LogP contribution in [-0.2, 0) is 18.3 Å². The average Bonchev–Trinajstić information content (AvgIpc) is 3.13. The van der Waals surface area contributed by atoms with Gasteiger partial charge in [0.25, 0.3) is 0 Å². The Kier molecular flexibility index (Phi) is 4.21. The molecule has 1 aromatic heterocycles. The quantitative estimate of drug-likeness (QED) is 0.572. The number of rotatable bonds is 7. The molecule has 2 rings (SSSR count). The fraction of sp³-hybridized carbons (Fsp3) is 0.667. The summed E-state index contributed by atoms with van der Waals surface area (Å²) in [5.41, 5.74) is 0.444. The zero-order valence-corrected chi connectivity index (χ0v) is 11.7. The van der Waals surface area contributed by atoms with E-state index in [0.717, 1.165) is 12.8 Å². The van der Waals surface area contributed by atoms with Gasteiger partial charge in [0, 0.05) is 26.1 Å². The lowest BCUT2D eigenvalue weighted by atomic mass is 10.3. The number of amides is 1. The van der Waals surface area contributed by atoms with E-state index in [1.807, 2.05) is 6.92 Å². The summed E-state index contributed by atoms with van der Waals surface area (Å²) in [6.45, 7) is 2.17. The Balaban J connectivity index is 1.95. The van der Waals surface area contributed by atoms with Crippen molar-refractivity contribution in [3.8, 4) is 0 Å². The molecule has 0 aliphatic heterocycles. The van der Waals surface area contributed by atoms with Crippen molar-refractivity contribution in [3.05, 3.63) is 15.8 Å². The summed E-state index contributed by atoms with van der Waals surface area (Å²) < 4.78 is 1.45. The first-order valence-corrected chi connectivity index (χ1v) is 6.76. The van der Waals surface area contributed by atoms with Crippen LogP contribution in [0.4, 0.5) is 11.5 Å². The summed E-state index contributed by atoms with van der Waals surface area (Å²) in [7, 11) is 1.65. The fourth-order valence-electron chi connectivity index (χ4n) is 2.02. The molecule has 0 unspecified atom stereocenters. The molecule has 0 radical (unpaired) electrons. The lowest BCUT2D eigenvalue weighted by Crippen LogP contribution is -2.27. The molecule has 0 saturated heterocycles. The van der Waals surface area contributed by atoms with Crippen LogP contribution in [0.2, 0.25) is 0 Å².